The first-order valence-corrected chi connectivity index (χ1v) is 9.82. The van der Waals surface area contributed by atoms with E-state index in [0.717, 1.165) is 17.3 Å². The van der Waals surface area contributed by atoms with Crippen molar-refractivity contribution < 1.29 is 0 Å². The summed E-state index contributed by atoms with van der Waals surface area (Å²) in [4.78, 5) is 0. The summed E-state index contributed by atoms with van der Waals surface area (Å²) >= 11 is 5.98. The molecular weight excluding hydrogens is 362 g/mol. The van der Waals surface area contributed by atoms with E-state index in [1.807, 2.05) is 24.3 Å². The van der Waals surface area contributed by atoms with E-state index < -0.39 is 0 Å². The fourth-order valence-electron chi connectivity index (χ4n) is 3.43. The lowest BCUT2D eigenvalue weighted by Crippen LogP contribution is -2.01. The molecule has 0 aromatic heterocycles. The molecule has 2 heteroatoms. The van der Waals surface area contributed by atoms with Gasteiger partial charge in [0.15, 0.2) is 0 Å². The molecule has 1 nitrogen and oxygen atoms in total. The van der Waals surface area contributed by atoms with Gasteiger partial charge in [-0.2, -0.15) is 0 Å². The molecule has 138 valence electrons. The van der Waals surface area contributed by atoms with Gasteiger partial charge in [-0.05, 0) is 64.6 Å². The van der Waals surface area contributed by atoms with Crippen LogP contribution < -0.4 is 5.32 Å². The third kappa shape index (κ3) is 4.11. The molecule has 0 saturated heterocycles. The topological polar surface area (TPSA) is 12.0 Å². The van der Waals surface area contributed by atoms with E-state index in [2.05, 4.69) is 85.0 Å². The smallest absolute Gasteiger partial charge is 0.0406 e. The highest BCUT2D eigenvalue weighted by atomic mass is 35.5. The minimum Gasteiger partial charge on any atom is -0.381 e. The highest BCUT2D eigenvalue weighted by molar-refractivity contribution is 6.30. The summed E-state index contributed by atoms with van der Waals surface area (Å²) in [6.07, 6.45) is 0. The molecule has 0 heterocycles. The van der Waals surface area contributed by atoms with Crippen molar-refractivity contribution in [2.24, 2.45) is 0 Å². The Morgan fingerprint density at radius 2 is 1.21 bits per heavy atom. The number of aryl methyl sites for hydroxylation is 1. The Morgan fingerprint density at radius 1 is 0.643 bits per heavy atom. The molecule has 4 aromatic carbocycles. The van der Waals surface area contributed by atoms with Gasteiger partial charge in [-0.1, -0.05) is 84.4 Å². The number of nitrogens with one attached hydrogen (secondary N) is 1. The molecule has 4 rings (SSSR count). The van der Waals surface area contributed by atoms with Gasteiger partial charge in [-0.15, -0.1) is 0 Å². The van der Waals surface area contributed by atoms with E-state index >= 15 is 0 Å². The zero-order valence-corrected chi connectivity index (χ0v) is 16.6. The quantitative estimate of drug-likeness (QED) is 0.374. The maximum Gasteiger partial charge on any atom is 0.0406 e. The van der Waals surface area contributed by atoms with Crippen LogP contribution in [0.3, 0.4) is 0 Å². The zero-order valence-electron chi connectivity index (χ0n) is 15.8. The predicted molar refractivity (Wildman–Crippen MR) is 121 cm³/mol. The van der Waals surface area contributed by atoms with Crippen molar-refractivity contribution >= 4 is 17.3 Å². The number of halogens is 1. The van der Waals surface area contributed by atoms with Gasteiger partial charge in [0.05, 0.1) is 0 Å². The lowest BCUT2D eigenvalue weighted by Gasteiger charge is -2.14. The molecular formula is C26H22ClN. The molecule has 0 bridgehead atoms. The minimum absolute atomic E-state index is 0.759. The first kappa shape index (κ1) is 18.3. The molecule has 0 amide bonds. The molecule has 0 unspecified atom stereocenters. The minimum atomic E-state index is 0.759. The second kappa shape index (κ2) is 8.33. The van der Waals surface area contributed by atoms with Gasteiger partial charge < -0.3 is 5.32 Å². The number of hydrogen-bond donors (Lipinski definition) is 1. The molecule has 0 fully saturated rings. The molecule has 4 aromatic rings. The van der Waals surface area contributed by atoms with Crippen LogP contribution in [0.1, 0.15) is 11.1 Å². The van der Waals surface area contributed by atoms with Crippen molar-refractivity contribution in [1.82, 2.24) is 0 Å². The summed E-state index contributed by atoms with van der Waals surface area (Å²) in [6, 6.07) is 33.6. The van der Waals surface area contributed by atoms with Gasteiger partial charge >= 0.3 is 0 Å². The van der Waals surface area contributed by atoms with E-state index in [1.165, 1.54) is 33.4 Å². The van der Waals surface area contributed by atoms with Crippen molar-refractivity contribution in [2.45, 2.75) is 13.5 Å². The first-order chi connectivity index (χ1) is 13.7. The van der Waals surface area contributed by atoms with Crippen molar-refractivity contribution in [2.75, 3.05) is 5.32 Å². The van der Waals surface area contributed by atoms with Crippen molar-refractivity contribution in [1.29, 1.82) is 0 Å². The van der Waals surface area contributed by atoms with E-state index in [4.69, 9.17) is 11.6 Å². The molecule has 0 atom stereocenters. The summed E-state index contributed by atoms with van der Waals surface area (Å²) in [5.74, 6) is 0. The summed E-state index contributed by atoms with van der Waals surface area (Å²) in [7, 11) is 0. The molecule has 0 radical (unpaired) electrons. The van der Waals surface area contributed by atoms with Gasteiger partial charge in [-0.3, -0.25) is 0 Å². The number of benzene rings is 4. The second-order valence-electron chi connectivity index (χ2n) is 6.91. The van der Waals surface area contributed by atoms with E-state index in [9.17, 15) is 0 Å². The predicted octanol–water partition coefficient (Wildman–Crippen LogP) is 7.59. The monoisotopic (exact) mass is 383 g/mol. The number of hydrogen-bond acceptors (Lipinski definition) is 1. The molecule has 0 aliphatic heterocycles. The molecule has 0 aliphatic carbocycles. The molecule has 0 spiro atoms. The van der Waals surface area contributed by atoms with Crippen LogP contribution in [-0.2, 0) is 6.54 Å². The molecule has 28 heavy (non-hydrogen) atoms. The van der Waals surface area contributed by atoms with E-state index in [1.54, 1.807) is 0 Å². The normalized spacial score (nSPS) is 10.6. The van der Waals surface area contributed by atoms with Crippen LogP contribution in [0, 0.1) is 6.92 Å². The highest BCUT2D eigenvalue weighted by Gasteiger charge is 2.07. The summed E-state index contributed by atoms with van der Waals surface area (Å²) < 4.78 is 0. The maximum absolute atomic E-state index is 5.98. The average molecular weight is 384 g/mol. The van der Waals surface area contributed by atoms with E-state index in [0.29, 0.717) is 0 Å². The largest absolute Gasteiger partial charge is 0.381 e. The van der Waals surface area contributed by atoms with E-state index in [-0.39, 0.29) is 0 Å². The summed E-state index contributed by atoms with van der Waals surface area (Å²) in [6.45, 7) is 2.94. The number of anilines is 1. The lowest BCUT2D eigenvalue weighted by molar-refractivity contribution is 1.15. The van der Waals surface area contributed by atoms with Gasteiger partial charge in [-0.25, -0.2) is 0 Å². The van der Waals surface area contributed by atoms with Gasteiger partial charge in [0.25, 0.3) is 0 Å². The average Bonchev–Trinajstić information content (AvgIpc) is 2.74. The third-order valence-corrected chi connectivity index (χ3v) is 5.25. The second-order valence-corrected chi connectivity index (χ2v) is 7.35. The standard InChI is InChI=1S/C26H22ClN/c1-19-6-2-4-8-25(19)26-9-5-3-7-22(26)18-28-24-16-12-21(13-17-24)20-10-14-23(27)15-11-20/h2-17,28H,18H2,1H3. The molecule has 0 saturated carbocycles. The summed E-state index contributed by atoms with van der Waals surface area (Å²) in [5.41, 5.74) is 8.62. The van der Waals surface area contributed by atoms with Crippen LogP contribution in [0.4, 0.5) is 5.69 Å². The highest BCUT2D eigenvalue weighted by Crippen LogP contribution is 2.28. The van der Waals surface area contributed by atoms with Crippen molar-refractivity contribution in [3.63, 3.8) is 0 Å². The Labute approximate surface area is 171 Å². The SMILES string of the molecule is Cc1ccccc1-c1ccccc1CNc1ccc(-c2ccc(Cl)cc2)cc1. The fraction of sp³-hybridized carbons (Fsp3) is 0.0769. The first-order valence-electron chi connectivity index (χ1n) is 9.44. The van der Waals surface area contributed by atoms with Crippen LogP contribution in [-0.4, -0.2) is 0 Å². The van der Waals surface area contributed by atoms with Crippen LogP contribution in [0.5, 0.6) is 0 Å². The Kier molecular flexibility index (Phi) is 5.45. The van der Waals surface area contributed by atoms with Gasteiger partial charge in [0, 0.05) is 17.3 Å². The van der Waals surface area contributed by atoms with Crippen LogP contribution in [0.25, 0.3) is 22.3 Å². The lowest BCUT2D eigenvalue weighted by atomic mass is 9.96. The van der Waals surface area contributed by atoms with Gasteiger partial charge in [0.2, 0.25) is 0 Å². The van der Waals surface area contributed by atoms with Crippen molar-refractivity contribution in [3.05, 3.63) is 113 Å². The Morgan fingerprint density at radius 3 is 1.89 bits per heavy atom. The zero-order chi connectivity index (χ0) is 19.3. The molecule has 1 N–H and O–H groups in total. The summed E-state index contributed by atoms with van der Waals surface area (Å²) in [5, 5.41) is 4.32. The van der Waals surface area contributed by atoms with Gasteiger partial charge in [0.1, 0.15) is 0 Å². The Balaban J connectivity index is 1.51. The third-order valence-electron chi connectivity index (χ3n) is 5.00. The Hall–Kier alpha value is -3.03. The number of rotatable bonds is 5. The maximum atomic E-state index is 5.98. The molecule has 0 aliphatic rings. The van der Waals surface area contributed by atoms with Crippen LogP contribution >= 0.6 is 11.6 Å². The Bertz CT molecular complexity index is 1070. The van der Waals surface area contributed by atoms with Crippen molar-refractivity contribution in [3.8, 4) is 22.3 Å². The van der Waals surface area contributed by atoms with Crippen LogP contribution in [0.2, 0.25) is 5.02 Å². The van der Waals surface area contributed by atoms with Crippen LogP contribution in [0.15, 0.2) is 97.1 Å². The fourth-order valence-corrected chi connectivity index (χ4v) is 3.56.